The number of amides is 1. The summed E-state index contributed by atoms with van der Waals surface area (Å²) >= 11 is 0. The summed E-state index contributed by atoms with van der Waals surface area (Å²) in [6.07, 6.45) is 0. The number of carbonyl (C=O) groups is 2. The van der Waals surface area contributed by atoms with Crippen LogP contribution in [0.2, 0.25) is 0 Å². The van der Waals surface area contributed by atoms with Gasteiger partial charge in [-0.1, -0.05) is 0 Å². The zero-order valence-corrected chi connectivity index (χ0v) is 15.6. The number of methoxy groups -OCH3 is 1. The van der Waals surface area contributed by atoms with Crippen LogP contribution in [0.5, 0.6) is 0 Å². The number of hydrogen-bond acceptors (Lipinski definition) is 7. The van der Waals surface area contributed by atoms with Crippen molar-refractivity contribution in [3.05, 3.63) is 63.7 Å². The number of hydrogen-bond donors (Lipinski definition) is 2. The predicted octanol–water partition coefficient (Wildman–Crippen LogP) is 3.08. The topological polar surface area (TPSA) is 120 Å². The Labute approximate surface area is 161 Å². The molecule has 0 aliphatic heterocycles. The molecule has 0 radical (unpaired) electrons. The minimum absolute atomic E-state index is 0.125. The van der Waals surface area contributed by atoms with E-state index in [0.717, 1.165) is 0 Å². The van der Waals surface area contributed by atoms with Crippen LogP contribution >= 0.6 is 0 Å². The average molecular weight is 387 g/mol. The van der Waals surface area contributed by atoms with Gasteiger partial charge in [-0.2, -0.15) is 0 Å². The Hall–Kier alpha value is -3.46. The van der Waals surface area contributed by atoms with E-state index in [2.05, 4.69) is 10.6 Å². The van der Waals surface area contributed by atoms with Crippen molar-refractivity contribution >= 4 is 28.9 Å². The molecule has 9 nitrogen and oxygen atoms in total. The first-order valence-corrected chi connectivity index (χ1v) is 8.56. The number of carbonyl (C=O) groups excluding carboxylic acids is 2. The molecule has 2 aromatic rings. The van der Waals surface area contributed by atoms with E-state index in [1.165, 1.54) is 30.3 Å². The summed E-state index contributed by atoms with van der Waals surface area (Å²) in [5.41, 5.74) is 1.17. The molecule has 0 unspecified atom stereocenters. The van der Waals surface area contributed by atoms with Gasteiger partial charge in [0.25, 0.3) is 11.6 Å². The van der Waals surface area contributed by atoms with E-state index in [-0.39, 0.29) is 17.9 Å². The van der Waals surface area contributed by atoms with Crippen molar-refractivity contribution in [2.24, 2.45) is 0 Å². The van der Waals surface area contributed by atoms with Crippen molar-refractivity contribution in [2.75, 3.05) is 37.5 Å². The monoisotopic (exact) mass is 387 g/mol. The van der Waals surface area contributed by atoms with Gasteiger partial charge in [-0.05, 0) is 37.3 Å². The molecule has 2 aromatic carbocycles. The number of nitro groups is 1. The summed E-state index contributed by atoms with van der Waals surface area (Å²) in [5, 5.41) is 16.7. The smallest absolute Gasteiger partial charge is 0.338 e. The van der Waals surface area contributed by atoms with E-state index in [1.54, 1.807) is 26.2 Å². The summed E-state index contributed by atoms with van der Waals surface area (Å²) in [6, 6.07) is 10.2. The van der Waals surface area contributed by atoms with Gasteiger partial charge in [-0.15, -0.1) is 0 Å². The Morgan fingerprint density at radius 1 is 1.14 bits per heavy atom. The summed E-state index contributed by atoms with van der Waals surface area (Å²) in [7, 11) is 1.55. The lowest BCUT2D eigenvalue weighted by atomic mass is 10.1. The Balaban J connectivity index is 2.20. The highest BCUT2D eigenvalue weighted by atomic mass is 16.6. The van der Waals surface area contributed by atoms with Crippen molar-refractivity contribution in [1.82, 2.24) is 0 Å². The van der Waals surface area contributed by atoms with Gasteiger partial charge in [0.15, 0.2) is 0 Å². The Morgan fingerprint density at radius 2 is 1.86 bits per heavy atom. The van der Waals surface area contributed by atoms with Crippen molar-refractivity contribution in [2.45, 2.75) is 6.92 Å². The molecule has 0 saturated heterocycles. The SMILES string of the molecule is CCOC(=O)c1ccc(NC(=O)c2cc([N+](=O)[O-])ccc2NCCOC)cc1. The van der Waals surface area contributed by atoms with Crippen LogP contribution in [0.1, 0.15) is 27.6 Å². The van der Waals surface area contributed by atoms with E-state index in [0.29, 0.717) is 30.1 Å². The molecular formula is C19H21N3O6. The van der Waals surface area contributed by atoms with Crippen LogP contribution in [0, 0.1) is 10.1 Å². The lowest BCUT2D eigenvalue weighted by molar-refractivity contribution is -0.384. The summed E-state index contributed by atoms with van der Waals surface area (Å²) in [6.45, 7) is 2.82. The fraction of sp³-hybridized carbons (Fsp3) is 0.263. The number of nitrogens with one attached hydrogen (secondary N) is 2. The molecule has 0 saturated carbocycles. The van der Waals surface area contributed by atoms with Gasteiger partial charge in [0.1, 0.15) is 0 Å². The first-order valence-electron chi connectivity index (χ1n) is 8.56. The number of nitro benzene ring substituents is 1. The molecule has 9 heteroatoms. The summed E-state index contributed by atoms with van der Waals surface area (Å²) < 4.78 is 9.87. The number of nitrogens with zero attached hydrogens (tertiary/aromatic N) is 1. The zero-order chi connectivity index (χ0) is 20.5. The molecule has 2 rings (SSSR count). The molecule has 0 aliphatic carbocycles. The number of non-ortho nitro benzene ring substituents is 1. The first-order chi connectivity index (χ1) is 13.5. The highest BCUT2D eigenvalue weighted by Crippen LogP contribution is 2.23. The molecule has 0 fully saturated rings. The van der Waals surface area contributed by atoms with Crippen molar-refractivity contribution in [3.63, 3.8) is 0 Å². The molecule has 1 amide bonds. The number of esters is 1. The molecular weight excluding hydrogens is 366 g/mol. The van der Waals surface area contributed by atoms with E-state index in [9.17, 15) is 19.7 Å². The quantitative estimate of drug-likeness (QED) is 0.294. The van der Waals surface area contributed by atoms with Crippen molar-refractivity contribution in [3.8, 4) is 0 Å². The third-order valence-electron chi connectivity index (χ3n) is 3.73. The van der Waals surface area contributed by atoms with Gasteiger partial charge < -0.3 is 20.1 Å². The fourth-order valence-electron chi connectivity index (χ4n) is 2.38. The second-order valence-corrected chi connectivity index (χ2v) is 5.66. The standard InChI is InChI=1S/C19H21N3O6/c1-3-28-19(24)13-4-6-14(7-5-13)21-18(23)16-12-15(22(25)26)8-9-17(16)20-10-11-27-2/h4-9,12,20H,3,10-11H2,1-2H3,(H,21,23). The third kappa shape index (κ3) is 5.52. The van der Waals surface area contributed by atoms with Crippen LogP contribution in [0.4, 0.5) is 17.1 Å². The summed E-state index contributed by atoms with van der Waals surface area (Å²) in [4.78, 5) is 34.8. The molecule has 0 spiro atoms. The lowest BCUT2D eigenvalue weighted by Crippen LogP contribution is -2.17. The highest BCUT2D eigenvalue weighted by Gasteiger charge is 2.17. The average Bonchev–Trinajstić information content (AvgIpc) is 2.69. The molecule has 0 bridgehead atoms. The predicted molar refractivity (Wildman–Crippen MR) is 104 cm³/mol. The Kier molecular flexibility index (Phi) is 7.46. The largest absolute Gasteiger partial charge is 0.462 e. The molecule has 28 heavy (non-hydrogen) atoms. The van der Waals surface area contributed by atoms with Gasteiger partial charge in [0, 0.05) is 37.2 Å². The maximum absolute atomic E-state index is 12.7. The van der Waals surface area contributed by atoms with Crippen LogP contribution in [0.15, 0.2) is 42.5 Å². The normalized spacial score (nSPS) is 10.2. The van der Waals surface area contributed by atoms with E-state index in [4.69, 9.17) is 9.47 Å². The lowest BCUT2D eigenvalue weighted by Gasteiger charge is -2.12. The third-order valence-corrected chi connectivity index (χ3v) is 3.73. The molecule has 0 aliphatic rings. The molecule has 148 valence electrons. The van der Waals surface area contributed by atoms with E-state index < -0.39 is 16.8 Å². The van der Waals surface area contributed by atoms with Crippen LogP contribution in [-0.2, 0) is 9.47 Å². The maximum Gasteiger partial charge on any atom is 0.338 e. The molecule has 2 N–H and O–H groups in total. The van der Waals surface area contributed by atoms with Gasteiger partial charge in [0.05, 0.1) is 29.3 Å². The minimum Gasteiger partial charge on any atom is -0.462 e. The van der Waals surface area contributed by atoms with Crippen LogP contribution in [0.25, 0.3) is 0 Å². The Bertz CT molecular complexity index is 851. The number of ether oxygens (including phenoxy) is 2. The summed E-state index contributed by atoms with van der Waals surface area (Å²) in [5.74, 6) is -0.976. The van der Waals surface area contributed by atoms with Crippen LogP contribution in [-0.4, -0.2) is 43.7 Å². The maximum atomic E-state index is 12.7. The second kappa shape index (κ2) is 10.0. The second-order valence-electron chi connectivity index (χ2n) is 5.66. The molecule has 0 aromatic heterocycles. The van der Waals surface area contributed by atoms with Gasteiger partial charge in [-0.25, -0.2) is 4.79 Å². The van der Waals surface area contributed by atoms with Gasteiger partial charge in [0.2, 0.25) is 0 Å². The minimum atomic E-state index is -0.566. The van der Waals surface area contributed by atoms with Crippen LogP contribution < -0.4 is 10.6 Å². The number of anilines is 2. The van der Waals surface area contributed by atoms with E-state index >= 15 is 0 Å². The van der Waals surface area contributed by atoms with Crippen molar-refractivity contribution < 1.29 is 24.0 Å². The highest BCUT2D eigenvalue weighted by molar-refractivity contribution is 6.08. The van der Waals surface area contributed by atoms with Crippen molar-refractivity contribution in [1.29, 1.82) is 0 Å². The molecule has 0 atom stereocenters. The van der Waals surface area contributed by atoms with E-state index in [1.807, 2.05) is 0 Å². The number of benzene rings is 2. The fourth-order valence-corrected chi connectivity index (χ4v) is 2.38. The van der Waals surface area contributed by atoms with Gasteiger partial charge in [-0.3, -0.25) is 14.9 Å². The number of rotatable bonds is 9. The van der Waals surface area contributed by atoms with Gasteiger partial charge >= 0.3 is 5.97 Å². The van der Waals surface area contributed by atoms with Crippen LogP contribution in [0.3, 0.4) is 0 Å². The zero-order valence-electron chi connectivity index (χ0n) is 15.6. The molecule has 0 heterocycles. The Morgan fingerprint density at radius 3 is 2.46 bits per heavy atom. The first kappa shape index (κ1) is 20.8.